The monoisotopic (exact) mass is 369 g/mol. The van der Waals surface area contributed by atoms with Crippen molar-refractivity contribution in [3.8, 4) is 0 Å². The van der Waals surface area contributed by atoms with Gasteiger partial charge < -0.3 is 15.3 Å². The maximum Gasteiger partial charge on any atom is 0.308 e. The van der Waals surface area contributed by atoms with Crippen LogP contribution in [0, 0.1) is 16.0 Å². The quantitative estimate of drug-likeness (QED) is 0.598. The number of hydrogen-bond acceptors (Lipinski definition) is 5. The summed E-state index contributed by atoms with van der Waals surface area (Å²) in [5.41, 5.74) is 1.29. The maximum atomic E-state index is 12.6. The van der Waals surface area contributed by atoms with Gasteiger partial charge in [-0.05, 0) is 24.1 Å². The van der Waals surface area contributed by atoms with Crippen molar-refractivity contribution in [3.05, 3.63) is 69.8 Å². The molecule has 0 bridgehead atoms. The van der Waals surface area contributed by atoms with E-state index in [2.05, 4.69) is 5.32 Å². The molecule has 0 saturated carbocycles. The van der Waals surface area contributed by atoms with E-state index in [1.54, 1.807) is 0 Å². The summed E-state index contributed by atoms with van der Waals surface area (Å²) in [6.07, 6.45) is 0.389. The van der Waals surface area contributed by atoms with Crippen LogP contribution in [0.25, 0.3) is 0 Å². The molecule has 1 aliphatic heterocycles. The van der Waals surface area contributed by atoms with Gasteiger partial charge in [-0.1, -0.05) is 30.3 Å². The minimum atomic E-state index is -0.934. The fraction of sp³-hybridized carbons (Fsp3) is 0.263. The molecule has 8 nitrogen and oxygen atoms in total. The molecule has 0 aliphatic carbocycles. The zero-order valence-electron chi connectivity index (χ0n) is 14.5. The first-order valence-electron chi connectivity index (χ1n) is 8.54. The van der Waals surface area contributed by atoms with Crippen molar-refractivity contribution in [1.82, 2.24) is 4.90 Å². The van der Waals surface area contributed by atoms with Crippen LogP contribution in [-0.2, 0) is 11.3 Å². The van der Waals surface area contributed by atoms with Crippen molar-refractivity contribution in [1.29, 1.82) is 0 Å². The second-order valence-corrected chi connectivity index (χ2v) is 6.40. The molecule has 1 aliphatic rings. The summed E-state index contributed by atoms with van der Waals surface area (Å²) in [7, 11) is 0. The summed E-state index contributed by atoms with van der Waals surface area (Å²) in [5.74, 6) is -1.91. The number of anilines is 1. The molecule has 1 saturated heterocycles. The van der Waals surface area contributed by atoms with Crippen LogP contribution in [0.15, 0.2) is 48.5 Å². The van der Waals surface area contributed by atoms with Crippen molar-refractivity contribution in [2.75, 3.05) is 18.4 Å². The third kappa shape index (κ3) is 4.22. The average Bonchev–Trinajstić information content (AvgIpc) is 3.17. The fourth-order valence-electron chi connectivity index (χ4n) is 3.09. The molecule has 0 aromatic heterocycles. The Labute approximate surface area is 155 Å². The van der Waals surface area contributed by atoms with Crippen molar-refractivity contribution in [2.45, 2.75) is 13.0 Å². The highest BCUT2D eigenvalue weighted by atomic mass is 16.6. The first-order chi connectivity index (χ1) is 13.0. The normalized spacial score (nSPS) is 16.1. The standard InChI is InChI=1S/C19H19N3O5/c23-18(21-9-8-15(12-21)19(24)25)14-6-7-16(17(10-14)22(26)27)20-11-13-4-2-1-3-5-13/h1-7,10,15,20H,8-9,11-12H2,(H,24,25). The number of carboxylic acids is 1. The van der Waals surface area contributed by atoms with Gasteiger partial charge in [0.2, 0.25) is 0 Å². The third-order valence-electron chi connectivity index (χ3n) is 4.59. The molecule has 27 heavy (non-hydrogen) atoms. The minimum Gasteiger partial charge on any atom is -0.481 e. The molecule has 1 heterocycles. The number of likely N-dealkylation sites (tertiary alicyclic amines) is 1. The highest BCUT2D eigenvalue weighted by molar-refractivity contribution is 5.96. The maximum absolute atomic E-state index is 12.6. The van der Waals surface area contributed by atoms with Crippen LogP contribution < -0.4 is 5.32 Å². The molecule has 1 atom stereocenters. The van der Waals surface area contributed by atoms with Crippen LogP contribution in [0.1, 0.15) is 22.3 Å². The minimum absolute atomic E-state index is 0.121. The van der Waals surface area contributed by atoms with Gasteiger partial charge in [-0.15, -0.1) is 0 Å². The topological polar surface area (TPSA) is 113 Å². The molecule has 2 aromatic rings. The van der Waals surface area contributed by atoms with Crippen molar-refractivity contribution in [2.24, 2.45) is 5.92 Å². The second kappa shape index (κ2) is 7.86. The van der Waals surface area contributed by atoms with Crippen LogP contribution in [0.2, 0.25) is 0 Å². The molecular weight excluding hydrogens is 350 g/mol. The summed E-state index contributed by atoms with van der Waals surface area (Å²) in [4.78, 5) is 35.9. The Bertz CT molecular complexity index is 869. The molecule has 3 rings (SSSR count). The van der Waals surface area contributed by atoms with Gasteiger partial charge in [0.1, 0.15) is 5.69 Å². The molecule has 2 N–H and O–H groups in total. The number of nitrogens with zero attached hydrogens (tertiary/aromatic N) is 2. The first kappa shape index (κ1) is 18.4. The molecule has 1 amide bonds. The Balaban J connectivity index is 1.76. The molecule has 0 radical (unpaired) electrons. The van der Waals surface area contributed by atoms with Crippen molar-refractivity contribution >= 4 is 23.3 Å². The van der Waals surface area contributed by atoms with E-state index >= 15 is 0 Å². The van der Waals surface area contributed by atoms with Gasteiger partial charge >= 0.3 is 5.97 Å². The van der Waals surface area contributed by atoms with Crippen LogP contribution in [0.5, 0.6) is 0 Å². The van der Waals surface area contributed by atoms with E-state index in [4.69, 9.17) is 5.11 Å². The van der Waals surface area contributed by atoms with Gasteiger partial charge in [-0.2, -0.15) is 0 Å². The number of benzene rings is 2. The van der Waals surface area contributed by atoms with Crippen LogP contribution in [0.3, 0.4) is 0 Å². The molecule has 8 heteroatoms. The van der Waals surface area contributed by atoms with Crippen LogP contribution in [-0.4, -0.2) is 39.9 Å². The van der Waals surface area contributed by atoms with E-state index in [0.717, 1.165) is 5.56 Å². The van der Waals surface area contributed by atoms with Crippen LogP contribution in [0.4, 0.5) is 11.4 Å². The van der Waals surface area contributed by atoms with E-state index in [9.17, 15) is 19.7 Å². The zero-order chi connectivity index (χ0) is 19.4. The number of aliphatic carboxylic acids is 1. The van der Waals surface area contributed by atoms with Crippen LogP contribution >= 0.6 is 0 Å². The van der Waals surface area contributed by atoms with Gasteiger partial charge in [0, 0.05) is 31.3 Å². The predicted molar refractivity (Wildman–Crippen MR) is 98.5 cm³/mol. The predicted octanol–water partition coefficient (Wildman–Crippen LogP) is 2.75. The molecule has 2 aromatic carbocycles. The van der Waals surface area contributed by atoms with E-state index < -0.39 is 22.7 Å². The Hall–Kier alpha value is -3.42. The number of nitrogens with one attached hydrogen (secondary N) is 1. The summed E-state index contributed by atoms with van der Waals surface area (Å²) < 4.78 is 0. The highest BCUT2D eigenvalue weighted by Crippen LogP contribution is 2.28. The van der Waals surface area contributed by atoms with Crippen molar-refractivity contribution in [3.63, 3.8) is 0 Å². The van der Waals surface area contributed by atoms with Gasteiger partial charge in [-0.3, -0.25) is 19.7 Å². The number of nitro benzene ring substituents is 1. The average molecular weight is 369 g/mol. The fourth-order valence-corrected chi connectivity index (χ4v) is 3.09. The smallest absolute Gasteiger partial charge is 0.308 e. The van der Waals surface area contributed by atoms with Crippen molar-refractivity contribution < 1.29 is 19.6 Å². The lowest BCUT2D eigenvalue weighted by atomic mass is 10.1. The molecule has 1 unspecified atom stereocenters. The molecule has 140 valence electrons. The van der Waals surface area contributed by atoms with Gasteiger partial charge in [0.25, 0.3) is 11.6 Å². The summed E-state index contributed by atoms with van der Waals surface area (Å²) in [6.45, 7) is 0.870. The second-order valence-electron chi connectivity index (χ2n) is 6.40. The molecule has 0 spiro atoms. The number of rotatable bonds is 6. The van der Waals surface area contributed by atoms with Gasteiger partial charge in [0.05, 0.1) is 10.8 Å². The largest absolute Gasteiger partial charge is 0.481 e. The Morgan fingerprint density at radius 1 is 1.22 bits per heavy atom. The van der Waals surface area contributed by atoms with E-state index in [1.807, 2.05) is 30.3 Å². The van der Waals surface area contributed by atoms with Gasteiger partial charge in [0.15, 0.2) is 0 Å². The lowest BCUT2D eigenvalue weighted by Gasteiger charge is -2.16. The van der Waals surface area contributed by atoms with E-state index in [1.165, 1.54) is 23.1 Å². The number of carbonyl (C=O) groups excluding carboxylic acids is 1. The Morgan fingerprint density at radius 3 is 2.59 bits per heavy atom. The Kier molecular flexibility index (Phi) is 5.35. The number of carboxylic acid groups (broad SMARTS) is 1. The lowest BCUT2D eigenvalue weighted by Crippen LogP contribution is -2.30. The highest BCUT2D eigenvalue weighted by Gasteiger charge is 2.32. The van der Waals surface area contributed by atoms with Gasteiger partial charge in [-0.25, -0.2) is 0 Å². The zero-order valence-corrected chi connectivity index (χ0v) is 14.5. The third-order valence-corrected chi connectivity index (χ3v) is 4.59. The number of nitro groups is 1. The number of carbonyl (C=O) groups is 2. The molecule has 1 fully saturated rings. The first-order valence-corrected chi connectivity index (χ1v) is 8.54. The van der Waals surface area contributed by atoms with E-state index in [0.29, 0.717) is 25.2 Å². The summed E-state index contributed by atoms with van der Waals surface area (Å²) >= 11 is 0. The van der Waals surface area contributed by atoms with E-state index in [-0.39, 0.29) is 17.8 Å². The number of hydrogen-bond donors (Lipinski definition) is 2. The summed E-state index contributed by atoms with van der Waals surface area (Å²) in [5, 5.41) is 23.5. The Morgan fingerprint density at radius 2 is 1.96 bits per heavy atom. The SMILES string of the molecule is O=C(O)C1CCN(C(=O)c2ccc(NCc3ccccc3)c([N+](=O)[O-])c2)C1. The summed E-state index contributed by atoms with van der Waals surface area (Å²) in [6, 6.07) is 13.7. The lowest BCUT2D eigenvalue weighted by molar-refractivity contribution is -0.384. The number of amides is 1. The molecular formula is C19H19N3O5.